The molecule has 0 unspecified atom stereocenters. The van der Waals surface area contributed by atoms with E-state index in [1.54, 1.807) is 0 Å². The van der Waals surface area contributed by atoms with Crippen LogP contribution >= 0.6 is 0 Å². The first-order valence-electron chi connectivity index (χ1n) is 7.39. The van der Waals surface area contributed by atoms with Crippen molar-refractivity contribution in [3.8, 4) is 0 Å². The van der Waals surface area contributed by atoms with E-state index in [-0.39, 0.29) is 0 Å². The molecule has 0 aromatic rings. The van der Waals surface area contributed by atoms with Crippen LogP contribution < -0.4 is 0 Å². The zero-order valence-corrected chi connectivity index (χ0v) is 12.4. The van der Waals surface area contributed by atoms with E-state index in [4.69, 9.17) is 9.47 Å². The van der Waals surface area contributed by atoms with Crippen LogP contribution in [-0.4, -0.2) is 41.6 Å². The average Bonchev–Trinajstić information content (AvgIpc) is 2.45. The van der Waals surface area contributed by atoms with Crippen LogP contribution in [0.4, 0.5) is 0 Å². The molecular weight excluding hydrogens is 260 g/mol. The molecule has 5 heteroatoms. The van der Waals surface area contributed by atoms with E-state index in [2.05, 4.69) is 6.92 Å². The van der Waals surface area contributed by atoms with E-state index in [1.807, 2.05) is 0 Å². The highest BCUT2D eigenvalue weighted by Gasteiger charge is 2.32. The smallest absolute Gasteiger partial charge is 0.334 e. The Hall–Kier alpha value is -1.07. The van der Waals surface area contributed by atoms with Crippen molar-refractivity contribution < 1.29 is 24.5 Å². The van der Waals surface area contributed by atoms with Crippen LogP contribution in [0.1, 0.15) is 51.9 Å². The number of esters is 1. The molecule has 1 aliphatic rings. The Morgan fingerprint density at radius 1 is 1.35 bits per heavy atom. The average molecular weight is 286 g/mol. The number of carbonyl (C=O) groups excluding carboxylic acids is 1. The van der Waals surface area contributed by atoms with Crippen molar-refractivity contribution in [2.45, 2.75) is 70.2 Å². The molecule has 3 atom stereocenters. The number of hydrogen-bond acceptors (Lipinski definition) is 5. The molecule has 0 bridgehead atoms. The summed E-state index contributed by atoms with van der Waals surface area (Å²) in [6, 6.07) is 0. The summed E-state index contributed by atoms with van der Waals surface area (Å²) in [6.45, 7) is 2.15. The van der Waals surface area contributed by atoms with Gasteiger partial charge in [-0.25, -0.2) is 4.79 Å². The second kappa shape index (κ2) is 8.97. The quantitative estimate of drug-likeness (QED) is 0.500. The van der Waals surface area contributed by atoms with Crippen LogP contribution in [0, 0.1) is 0 Å². The first-order valence-corrected chi connectivity index (χ1v) is 7.39. The fourth-order valence-electron chi connectivity index (χ4n) is 2.32. The molecular formula is C15H26O5. The predicted molar refractivity (Wildman–Crippen MR) is 75.0 cm³/mol. The van der Waals surface area contributed by atoms with Gasteiger partial charge in [0.1, 0.15) is 18.0 Å². The molecule has 0 saturated carbocycles. The lowest BCUT2D eigenvalue weighted by molar-refractivity contribution is -0.157. The van der Waals surface area contributed by atoms with Gasteiger partial charge in [-0.1, -0.05) is 39.0 Å². The number of rotatable bonds is 9. The molecule has 0 amide bonds. The Balaban J connectivity index is 2.35. The lowest BCUT2D eigenvalue weighted by atomic mass is 9.98. The normalized spacial score (nSPS) is 21.9. The number of cyclic esters (lactones) is 1. The van der Waals surface area contributed by atoms with Crippen molar-refractivity contribution in [1.29, 1.82) is 0 Å². The van der Waals surface area contributed by atoms with E-state index in [9.17, 15) is 15.0 Å². The largest absolute Gasteiger partial charge is 0.501 e. The van der Waals surface area contributed by atoms with Gasteiger partial charge >= 0.3 is 5.97 Å². The summed E-state index contributed by atoms with van der Waals surface area (Å²) < 4.78 is 10.1. The van der Waals surface area contributed by atoms with E-state index >= 15 is 0 Å². The summed E-state index contributed by atoms with van der Waals surface area (Å²) in [7, 11) is 1.47. The molecule has 1 heterocycles. The molecule has 0 aromatic heterocycles. The van der Waals surface area contributed by atoms with Crippen LogP contribution in [0.25, 0.3) is 0 Å². The SMILES string of the molecule is CCCCCCC[C@H](O)[C@@H](O)[C@@H]1CC(OC)=CC(=O)O1. The van der Waals surface area contributed by atoms with Crippen molar-refractivity contribution in [2.75, 3.05) is 7.11 Å². The minimum absolute atomic E-state index is 0.302. The zero-order valence-electron chi connectivity index (χ0n) is 12.4. The van der Waals surface area contributed by atoms with Crippen LogP contribution in [0.3, 0.4) is 0 Å². The fourth-order valence-corrected chi connectivity index (χ4v) is 2.32. The maximum atomic E-state index is 11.3. The molecule has 20 heavy (non-hydrogen) atoms. The summed E-state index contributed by atoms with van der Waals surface area (Å²) >= 11 is 0. The molecule has 2 N–H and O–H groups in total. The number of methoxy groups -OCH3 is 1. The van der Waals surface area contributed by atoms with Gasteiger partial charge in [0.2, 0.25) is 0 Å². The molecule has 0 spiro atoms. The van der Waals surface area contributed by atoms with Crippen LogP contribution in [0.5, 0.6) is 0 Å². The topological polar surface area (TPSA) is 76.0 Å². The van der Waals surface area contributed by atoms with Gasteiger partial charge in [-0.2, -0.15) is 0 Å². The Morgan fingerprint density at radius 3 is 2.70 bits per heavy atom. The van der Waals surface area contributed by atoms with Gasteiger partial charge in [0.15, 0.2) is 0 Å². The molecule has 0 saturated heterocycles. The minimum Gasteiger partial charge on any atom is -0.501 e. The predicted octanol–water partition coefficient (Wildman–Crippen LogP) is 1.91. The number of hydrogen-bond donors (Lipinski definition) is 2. The number of ether oxygens (including phenoxy) is 2. The maximum Gasteiger partial charge on any atom is 0.334 e. The van der Waals surface area contributed by atoms with Crippen LogP contribution in [0.2, 0.25) is 0 Å². The van der Waals surface area contributed by atoms with Gasteiger partial charge in [0.25, 0.3) is 0 Å². The van der Waals surface area contributed by atoms with Crippen molar-refractivity contribution in [3.05, 3.63) is 11.8 Å². The van der Waals surface area contributed by atoms with Crippen LogP contribution in [0.15, 0.2) is 11.8 Å². The van der Waals surface area contributed by atoms with E-state index in [1.165, 1.54) is 26.0 Å². The molecule has 1 rings (SSSR count). The van der Waals surface area contributed by atoms with Crippen molar-refractivity contribution >= 4 is 5.97 Å². The third-order valence-corrected chi connectivity index (χ3v) is 3.59. The fraction of sp³-hybridized carbons (Fsp3) is 0.800. The minimum atomic E-state index is -1.07. The number of carbonyl (C=O) groups is 1. The summed E-state index contributed by atoms with van der Waals surface area (Å²) in [5.41, 5.74) is 0. The Kier molecular flexibility index (Phi) is 7.62. The lowest BCUT2D eigenvalue weighted by Gasteiger charge is -2.29. The molecule has 0 aromatic carbocycles. The van der Waals surface area contributed by atoms with Crippen molar-refractivity contribution in [3.63, 3.8) is 0 Å². The van der Waals surface area contributed by atoms with E-state index in [0.717, 1.165) is 19.3 Å². The first-order chi connectivity index (χ1) is 9.58. The standard InChI is InChI=1S/C15H26O5/c1-3-4-5-6-7-8-12(16)15(18)13-9-11(19-2)10-14(17)20-13/h10,12-13,15-16,18H,3-9H2,1-2H3/t12-,13-,15+/m0/s1. The van der Waals surface area contributed by atoms with E-state index < -0.39 is 24.3 Å². The Bertz CT molecular complexity index is 326. The summed E-state index contributed by atoms with van der Waals surface area (Å²) in [4.78, 5) is 11.3. The summed E-state index contributed by atoms with van der Waals surface area (Å²) in [5, 5.41) is 20.0. The molecule has 0 radical (unpaired) electrons. The third-order valence-electron chi connectivity index (χ3n) is 3.59. The molecule has 116 valence electrons. The highest BCUT2D eigenvalue weighted by atomic mass is 16.6. The third kappa shape index (κ3) is 5.51. The van der Waals surface area contributed by atoms with Gasteiger partial charge in [0, 0.05) is 6.42 Å². The van der Waals surface area contributed by atoms with Gasteiger partial charge in [-0.05, 0) is 6.42 Å². The molecule has 0 fully saturated rings. The van der Waals surface area contributed by atoms with Gasteiger partial charge in [-0.15, -0.1) is 0 Å². The monoisotopic (exact) mass is 286 g/mol. The second-order valence-corrected chi connectivity index (χ2v) is 5.26. The first kappa shape index (κ1) is 17.0. The maximum absolute atomic E-state index is 11.3. The lowest BCUT2D eigenvalue weighted by Crippen LogP contribution is -2.42. The van der Waals surface area contributed by atoms with E-state index in [0.29, 0.717) is 18.6 Å². The highest BCUT2D eigenvalue weighted by molar-refractivity contribution is 5.83. The Labute approximate surface area is 120 Å². The number of aliphatic hydroxyl groups excluding tert-OH is 2. The number of unbranched alkanes of at least 4 members (excludes halogenated alkanes) is 4. The van der Waals surface area contributed by atoms with Crippen molar-refractivity contribution in [1.82, 2.24) is 0 Å². The summed E-state index contributed by atoms with van der Waals surface area (Å²) in [5.74, 6) is -0.0623. The van der Waals surface area contributed by atoms with Gasteiger partial charge in [-0.3, -0.25) is 0 Å². The molecule has 5 nitrogen and oxygen atoms in total. The van der Waals surface area contributed by atoms with Crippen LogP contribution in [-0.2, 0) is 14.3 Å². The number of aliphatic hydroxyl groups is 2. The zero-order chi connectivity index (χ0) is 15.0. The highest BCUT2D eigenvalue weighted by Crippen LogP contribution is 2.22. The Morgan fingerprint density at radius 2 is 2.05 bits per heavy atom. The molecule has 1 aliphatic heterocycles. The second-order valence-electron chi connectivity index (χ2n) is 5.26. The molecule has 0 aliphatic carbocycles. The van der Waals surface area contributed by atoms with Gasteiger partial charge < -0.3 is 19.7 Å². The van der Waals surface area contributed by atoms with Gasteiger partial charge in [0.05, 0.1) is 19.3 Å². The summed E-state index contributed by atoms with van der Waals surface area (Å²) in [6.07, 6.45) is 4.85. The van der Waals surface area contributed by atoms with Crippen molar-refractivity contribution in [2.24, 2.45) is 0 Å².